The van der Waals surface area contributed by atoms with E-state index in [-0.39, 0.29) is 29.2 Å². The Morgan fingerprint density at radius 3 is 2.74 bits per heavy atom. The minimum Gasteiger partial charge on any atom is -0.399 e. The van der Waals surface area contributed by atoms with Gasteiger partial charge in [0, 0.05) is 23.5 Å². The molecule has 0 amide bonds. The van der Waals surface area contributed by atoms with Crippen LogP contribution in [0.15, 0.2) is 18.2 Å². The van der Waals surface area contributed by atoms with Gasteiger partial charge in [-0.3, -0.25) is 0 Å². The Bertz CT molecular complexity index is 561. The summed E-state index contributed by atoms with van der Waals surface area (Å²) in [7, 11) is -3.07. The summed E-state index contributed by atoms with van der Waals surface area (Å²) in [6, 6.07) is 4.17. The molecule has 1 aliphatic rings. The molecule has 1 aliphatic heterocycles. The summed E-state index contributed by atoms with van der Waals surface area (Å²) in [5.41, 5.74) is 5.77. The zero-order valence-corrected chi connectivity index (χ0v) is 11.1. The first kappa shape index (κ1) is 14.0. The number of hydrogen-bond acceptors (Lipinski definition) is 4. The third kappa shape index (κ3) is 3.15. The molecule has 0 aliphatic carbocycles. The highest BCUT2D eigenvalue weighted by atomic mass is 32.2. The molecule has 1 aromatic carbocycles. The van der Waals surface area contributed by atoms with Crippen LogP contribution in [-0.2, 0) is 9.84 Å². The molecule has 106 valence electrons. The third-order valence-electron chi connectivity index (χ3n) is 3.29. The molecule has 0 spiro atoms. The fourth-order valence-corrected chi connectivity index (χ4v) is 4.00. The first-order valence-corrected chi connectivity index (χ1v) is 7.75. The van der Waals surface area contributed by atoms with E-state index in [0.29, 0.717) is 12.8 Å². The monoisotopic (exact) mass is 290 g/mol. The fourth-order valence-electron chi connectivity index (χ4n) is 2.23. The van der Waals surface area contributed by atoms with Crippen LogP contribution in [0.25, 0.3) is 0 Å². The van der Waals surface area contributed by atoms with E-state index in [2.05, 4.69) is 5.32 Å². The largest absolute Gasteiger partial charge is 0.399 e. The van der Waals surface area contributed by atoms with Crippen molar-refractivity contribution in [3.05, 3.63) is 23.8 Å². The maximum absolute atomic E-state index is 12.8. The van der Waals surface area contributed by atoms with Gasteiger partial charge in [-0.2, -0.15) is 0 Å². The van der Waals surface area contributed by atoms with Gasteiger partial charge in [0.1, 0.15) is 0 Å². The molecular weight excluding hydrogens is 274 g/mol. The lowest BCUT2D eigenvalue weighted by molar-refractivity contribution is 0.152. The molecule has 2 rings (SSSR count). The van der Waals surface area contributed by atoms with E-state index in [9.17, 15) is 17.2 Å². The van der Waals surface area contributed by atoms with Crippen molar-refractivity contribution in [2.45, 2.75) is 24.5 Å². The lowest BCUT2D eigenvalue weighted by Crippen LogP contribution is -2.25. The normalized spacial score (nSPS) is 21.7. The van der Waals surface area contributed by atoms with Crippen LogP contribution in [0.5, 0.6) is 0 Å². The van der Waals surface area contributed by atoms with E-state index in [1.807, 2.05) is 0 Å². The number of nitrogens with one attached hydrogen (secondary N) is 1. The molecule has 1 unspecified atom stereocenters. The number of sulfone groups is 1. The molecule has 1 heterocycles. The predicted molar refractivity (Wildman–Crippen MR) is 71.1 cm³/mol. The van der Waals surface area contributed by atoms with Crippen LogP contribution in [0.2, 0.25) is 0 Å². The highest BCUT2D eigenvalue weighted by Gasteiger charge is 2.31. The molecule has 4 nitrogen and oxygen atoms in total. The Kier molecular flexibility index (Phi) is 3.93. The summed E-state index contributed by atoms with van der Waals surface area (Å²) in [6.45, 7) is 0.159. The topological polar surface area (TPSA) is 72.2 Å². The average molecular weight is 290 g/mol. The third-order valence-corrected chi connectivity index (χ3v) is 5.57. The lowest BCUT2D eigenvalue weighted by atomic mass is 10.1. The molecule has 3 N–H and O–H groups in total. The predicted octanol–water partition coefficient (Wildman–Crippen LogP) is 2.20. The summed E-state index contributed by atoms with van der Waals surface area (Å²) in [6.07, 6.45) is -1.43. The van der Waals surface area contributed by atoms with Crippen molar-refractivity contribution < 1.29 is 17.2 Å². The van der Waals surface area contributed by atoms with Gasteiger partial charge in [0.05, 0.1) is 11.0 Å². The van der Waals surface area contributed by atoms with E-state index in [1.54, 1.807) is 0 Å². The highest BCUT2D eigenvalue weighted by molar-refractivity contribution is 7.92. The van der Waals surface area contributed by atoms with E-state index in [1.165, 1.54) is 18.2 Å². The van der Waals surface area contributed by atoms with E-state index >= 15 is 0 Å². The maximum Gasteiger partial charge on any atom is 0.265 e. The van der Waals surface area contributed by atoms with Crippen LogP contribution < -0.4 is 11.1 Å². The molecule has 7 heteroatoms. The molecule has 1 atom stereocenters. The van der Waals surface area contributed by atoms with Crippen LogP contribution >= 0.6 is 0 Å². The van der Waals surface area contributed by atoms with Gasteiger partial charge in [0.2, 0.25) is 0 Å². The minimum atomic E-state index is -3.07. The quantitative estimate of drug-likeness (QED) is 0.834. The number of rotatable bonds is 4. The van der Waals surface area contributed by atoms with E-state index in [0.717, 1.165) is 0 Å². The Morgan fingerprint density at radius 1 is 1.42 bits per heavy atom. The van der Waals surface area contributed by atoms with Crippen molar-refractivity contribution in [3.8, 4) is 0 Å². The van der Waals surface area contributed by atoms with Gasteiger partial charge in [-0.25, -0.2) is 17.2 Å². The number of anilines is 2. The second-order valence-electron chi connectivity index (χ2n) is 4.66. The van der Waals surface area contributed by atoms with Crippen LogP contribution in [-0.4, -0.2) is 26.0 Å². The van der Waals surface area contributed by atoms with E-state index in [4.69, 9.17) is 5.73 Å². The lowest BCUT2D eigenvalue weighted by Gasteiger charge is -2.15. The summed E-state index contributed by atoms with van der Waals surface area (Å²) in [4.78, 5) is 0. The van der Waals surface area contributed by atoms with Gasteiger partial charge < -0.3 is 11.1 Å². The molecule has 1 fully saturated rings. The first-order valence-electron chi connectivity index (χ1n) is 6.03. The molecule has 0 saturated carbocycles. The van der Waals surface area contributed by atoms with Crippen molar-refractivity contribution in [3.63, 3.8) is 0 Å². The molecule has 0 radical (unpaired) electrons. The Labute approximate surface area is 110 Å². The number of benzene rings is 1. The second-order valence-corrected chi connectivity index (χ2v) is 7.06. The van der Waals surface area contributed by atoms with Crippen molar-refractivity contribution in [1.82, 2.24) is 0 Å². The number of nitrogens with two attached hydrogens (primary N) is 1. The Balaban J connectivity index is 2.12. The SMILES string of the molecule is Nc1ccc(NCC2CCCS2(=O)=O)c(C(F)F)c1. The Hall–Kier alpha value is -1.37. The summed E-state index contributed by atoms with van der Waals surface area (Å²) >= 11 is 0. The summed E-state index contributed by atoms with van der Waals surface area (Å²) in [5.74, 6) is 0.183. The number of alkyl halides is 2. The minimum absolute atomic E-state index is 0.159. The molecular formula is C12H16F2N2O2S. The van der Waals surface area contributed by atoms with E-state index < -0.39 is 21.5 Å². The molecule has 0 bridgehead atoms. The van der Waals surface area contributed by atoms with Crippen molar-refractivity contribution in [1.29, 1.82) is 0 Å². The summed E-state index contributed by atoms with van der Waals surface area (Å²) < 4.78 is 49.0. The van der Waals surface area contributed by atoms with Gasteiger partial charge in [-0.15, -0.1) is 0 Å². The standard InChI is InChI=1S/C12H16F2N2O2S/c13-12(14)10-6-8(15)3-4-11(10)16-7-9-2-1-5-19(9,17)18/h3-4,6,9,12,16H,1-2,5,7,15H2. The van der Waals surface area contributed by atoms with Crippen molar-refractivity contribution in [2.24, 2.45) is 0 Å². The van der Waals surface area contributed by atoms with Crippen molar-refractivity contribution >= 4 is 21.2 Å². The zero-order valence-electron chi connectivity index (χ0n) is 10.3. The van der Waals surface area contributed by atoms with Crippen LogP contribution in [0, 0.1) is 0 Å². The highest BCUT2D eigenvalue weighted by Crippen LogP contribution is 2.29. The zero-order chi connectivity index (χ0) is 14.0. The summed E-state index contributed by atoms with van der Waals surface area (Å²) in [5, 5.41) is 2.31. The van der Waals surface area contributed by atoms with Crippen LogP contribution in [0.3, 0.4) is 0 Å². The molecule has 19 heavy (non-hydrogen) atoms. The average Bonchev–Trinajstić information content (AvgIpc) is 2.66. The van der Waals surface area contributed by atoms with Gasteiger partial charge >= 0.3 is 0 Å². The van der Waals surface area contributed by atoms with Gasteiger partial charge in [-0.05, 0) is 31.0 Å². The molecule has 1 saturated heterocycles. The maximum atomic E-state index is 12.8. The molecule has 1 aromatic rings. The van der Waals surface area contributed by atoms with Crippen LogP contribution in [0.4, 0.5) is 20.2 Å². The fraction of sp³-hybridized carbons (Fsp3) is 0.500. The number of halogens is 2. The first-order chi connectivity index (χ1) is 8.90. The smallest absolute Gasteiger partial charge is 0.265 e. The van der Waals surface area contributed by atoms with Crippen LogP contribution in [0.1, 0.15) is 24.8 Å². The second kappa shape index (κ2) is 5.32. The van der Waals surface area contributed by atoms with Gasteiger partial charge in [-0.1, -0.05) is 0 Å². The van der Waals surface area contributed by atoms with Crippen molar-refractivity contribution in [2.75, 3.05) is 23.3 Å². The number of nitrogen functional groups attached to an aromatic ring is 1. The number of hydrogen-bond donors (Lipinski definition) is 2. The molecule has 0 aromatic heterocycles. The Morgan fingerprint density at radius 2 is 2.16 bits per heavy atom. The van der Waals surface area contributed by atoms with Gasteiger partial charge in [0.15, 0.2) is 9.84 Å². The van der Waals surface area contributed by atoms with Gasteiger partial charge in [0.25, 0.3) is 6.43 Å².